The molecule has 0 saturated heterocycles. The molecule has 0 unspecified atom stereocenters. The van der Waals surface area contributed by atoms with E-state index in [-0.39, 0.29) is 0 Å². The van der Waals surface area contributed by atoms with Crippen molar-refractivity contribution >= 4 is 0 Å². The van der Waals surface area contributed by atoms with E-state index in [1.165, 1.54) is 5.56 Å². The molecule has 4 heteroatoms. The fourth-order valence-corrected chi connectivity index (χ4v) is 1.65. The van der Waals surface area contributed by atoms with Crippen LogP contribution in [-0.4, -0.2) is 29.5 Å². The summed E-state index contributed by atoms with van der Waals surface area (Å²) in [5.41, 5.74) is 2.40. The van der Waals surface area contributed by atoms with Crippen LogP contribution in [0.4, 0.5) is 0 Å². The average Bonchev–Trinajstić information content (AvgIpc) is 2.66. The Hall–Kier alpha value is -0.870. The first-order chi connectivity index (χ1) is 8.27. The molecule has 0 radical (unpaired) electrons. The highest BCUT2D eigenvalue weighted by Gasteiger charge is 2.03. The van der Waals surface area contributed by atoms with E-state index in [0.29, 0.717) is 0 Å². The second kappa shape index (κ2) is 8.25. The Bertz CT molecular complexity index is 310. The van der Waals surface area contributed by atoms with E-state index in [1.54, 1.807) is 0 Å². The van der Waals surface area contributed by atoms with Gasteiger partial charge in [-0.2, -0.15) is 5.10 Å². The number of nitrogens with one attached hydrogen (secondary N) is 1. The van der Waals surface area contributed by atoms with Gasteiger partial charge in [0.25, 0.3) is 0 Å². The van der Waals surface area contributed by atoms with E-state index in [0.717, 1.165) is 51.4 Å². The summed E-state index contributed by atoms with van der Waals surface area (Å²) in [6.45, 7) is 10.8. The molecule has 98 valence electrons. The van der Waals surface area contributed by atoms with E-state index < -0.39 is 0 Å². The quantitative estimate of drug-likeness (QED) is 0.671. The molecule has 0 aromatic carbocycles. The second-order valence-electron chi connectivity index (χ2n) is 4.29. The van der Waals surface area contributed by atoms with Crippen LogP contribution in [-0.2, 0) is 17.8 Å². The number of aromatic nitrogens is 2. The van der Waals surface area contributed by atoms with Gasteiger partial charge < -0.3 is 10.1 Å². The number of nitrogens with zero attached hydrogens (tertiary/aromatic N) is 2. The fourth-order valence-electron chi connectivity index (χ4n) is 1.65. The maximum atomic E-state index is 5.46. The molecule has 0 spiro atoms. The van der Waals surface area contributed by atoms with Crippen molar-refractivity contribution in [3.63, 3.8) is 0 Å². The predicted octanol–water partition coefficient (Wildman–Crippen LogP) is 2.12. The van der Waals surface area contributed by atoms with E-state index in [4.69, 9.17) is 4.74 Å². The van der Waals surface area contributed by atoms with Crippen molar-refractivity contribution in [2.75, 3.05) is 19.8 Å². The first-order valence-corrected chi connectivity index (χ1v) is 6.59. The van der Waals surface area contributed by atoms with Crippen molar-refractivity contribution in [1.82, 2.24) is 15.1 Å². The summed E-state index contributed by atoms with van der Waals surface area (Å²) in [5.74, 6) is 0. The molecule has 0 atom stereocenters. The zero-order valence-electron chi connectivity index (χ0n) is 11.3. The smallest absolute Gasteiger partial charge is 0.0662 e. The lowest BCUT2D eigenvalue weighted by molar-refractivity contribution is 0.124. The van der Waals surface area contributed by atoms with Crippen molar-refractivity contribution in [1.29, 1.82) is 0 Å². The second-order valence-corrected chi connectivity index (χ2v) is 4.29. The molecule has 0 aliphatic heterocycles. The van der Waals surface area contributed by atoms with Crippen LogP contribution in [0, 0.1) is 6.92 Å². The highest BCUT2D eigenvalue weighted by atomic mass is 16.5. The summed E-state index contributed by atoms with van der Waals surface area (Å²) < 4.78 is 7.44. The minimum absolute atomic E-state index is 0.747. The summed E-state index contributed by atoms with van der Waals surface area (Å²) in [4.78, 5) is 0. The van der Waals surface area contributed by atoms with Gasteiger partial charge in [-0.3, -0.25) is 4.68 Å². The molecule has 1 heterocycles. The summed E-state index contributed by atoms with van der Waals surface area (Å²) in [7, 11) is 0. The molecule has 1 aromatic rings. The van der Waals surface area contributed by atoms with Gasteiger partial charge in [-0.1, -0.05) is 13.8 Å². The predicted molar refractivity (Wildman–Crippen MR) is 70.1 cm³/mol. The number of aryl methyl sites for hydroxylation is 1. The van der Waals surface area contributed by atoms with Crippen LogP contribution in [0.15, 0.2) is 6.20 Å². The van der Waals surface area contributed by atoms with E-state index in [1.807, 2.05) is 4.68 Å². The number of hydrogen-bond acceptors (Lipinski definition) is 3. The molecule has 1 aromatic heterocycles. The Morgan fingerprint density at radius 2 is 2.12 bits per heavy atom. The van der Waals surface area contributed by atoms with Gasteiger partial charge >= 0.3 is 0 Å². The molecular weight excluding hydrogens is 214 g/mol. The largest absolute Gasteiger partial charge is 0.380 e. The van der Waals surface area contributed by atoms with Crippen molar-refractivity contribution in [2.24, 2.45) is 0 Å². The molecule has 0 bridgehead atoms. The Kier molecular flexibility index (Phi) is 6.89. The van der Waals surface area contributed by atoms with Crippen LogP contribution >= 0.6 is 0 Å². The van der Waals surface area contributed by atoms with Gasteiger partial charge in [-0.25, -0.2) is 0 Å². The van der Waals surface area contributed by atoms with Gasteiger partial charge in [-0.05, 0) is 26.3 Å². The lowest BCUT2D eigenvalue weighted by atomic mass is 10.2. The van der Waals surface area contributed by atoms with E-state index in [2.05, 4.69) is 37.4 Å². The minimum Gasteiger partial charge on any atom is -0.380 e. The van der Waals surface area contributed by atoms with E-state index >= 15 is 0 Å². The van der Waals surface area contributed by atoms with Gasteiger partial charge in [0.2, 0.25) is 0 Å². The minimum atomic E-state index is 0.747. The third-order valence-electron chi connectivity index (χ3n) is 2.60. The zero-order chi connectivity index (χ0) is 12.5. The lowest BCUT2D eigenvalue weighted by Crippen LogP contribution is -2.14. The van der Waals surface area contributed by atoms with Crippen LogP contribution in [0.2, 0.25) is 0 Å². The molecule has 0 fully saturated rings. The summed E-state index contributed by atoms with van der Waals surface area (Å²) in [5, 5.41) is 7.88. The Labute approximate surface area is 104 Å². The molecule has 4 nitrogen and oxygen atoms in total. The van der Waals surface area contributed by atoms with Crippen molar-refractivity contribution in [3.05, 3.63) is 17.5 Å². The molecule has 0 aliphatic rings. The maximum absolute atomic E-state index is 5.46. The number of ether oxygens (including phenoxy) is 1. The van der Waals surface area contributed by atoms with Gasteiger partial charge in [0.1, 0.15) is 0 Å². The highest BCUT2D eigenvalue weighted by Crippen LogP contribution is 2.05. The molecular formula is C13H25N3O. The van der Waals surface area contributed by atoms with Gasteiger partial charge in [0, 0.05) is 24.9 Å². The number of rotatable bonds is 9. The van der Waals surface area contributed by atoms with E-state index in [9.17, 15) is 0 Å². The Morgan fingerprint density at radius 3 is 2.82 bits per heavy atom. The first-order valence-electron chi connectivity index (χ1n) is 6.59. The standard InChI is InChI=1S/C13H25N3O/c1-4-6-14-10-13-11-16(15-12(13)3)7-9-17-8-5-2/h11,14H,4-10H2,1-3H3. The SMILES string of the molecule is CCCNCc1cn(CCOCCC)nc1C. The Balaban J connectivity index is 2.33. The third kappa shape index (κ3) is 5.33. The summed E-state index contributed by atoms with van der Waals surface area (Å²) in [6, 6.07) is 0. The van der Waals surface area contributed by atoms with Crippen molar-refractivity contribution < 1.29 is 4.74 Å². The van der Waals surface area contributed by atoms with Gasteiger partial charge in [-0.15, -0.1) is 0 Å². The van der Waals surface area contributed by atoms with Crippen molar-refractivity contribution in [2.45, 2.75) is 46.7 Å². The Morgan fingerprint density at radius 1 is 1.29 bits per heavy atom. The molecule has 0 amide bonds. The molecule has 0 aliphatic carbocycles. The first kappa shape index (κ1) is 14.2. The molecule has 17 heavy (non-hydrogen) atoms. The van der Waals surface area contributed by atoms with Gasteiger partial charge in [0.05, 0.1) is 18.8 Å². The molecule has 1 N–H and O–H groups in total. The van der Waals surface area contributed by atoms with Crippen LogP contribution in [0.3, 0.4) is 0 Å². The van der Waals surface area contributed by atoms with Crippen LogP contribution < -0.4 is 5.32 Å². The maximum Gasteiger partial charge on any atom is 0.0662 e. The number of hydrogen-bond donors (Lipinski definition) is 1. The topological polar surface area (TPSA) is 39.1 Å². The normalized spacial score (nSPS) is 11.0. The molecule has 0 saturated carbocycles. The monoisotopic (exact) mass is 239 g/mol. The fraction of sp³-hybridized carbons (Fsp3) is 0.769. The zero-order valence-corrected chi connectivity index (χ0v) is 11.3. The summed E-state index contributed by atoms with van der Waals surface area (Å²) in [6.07, 6.45) is 4.36. The van der Waals surface area contributed by atoms with Crippen LogP contribution in [0.1, 0.15) is 37.9 Å². The van der Waals surface area contributed by atoms with Crippen LogP contribution in [0.5, 0.6) is 0 Å². The van der Waals surface area contributed by atoms with Gasteiger partial charge in [0.15, 0.2) is 0 Å². The summed E-state index contributed by atoms with van der Waals surface area (Å²) >= 11 is 0. The lowest BCUT2D eigenvalue weighted by Gasteiger charge is -2.02. The average molecular weight is 239 g/mol. The molecule has 1 rings (SSSR count). The van der Waals surface area contributed by atoms with Crippen molar-refractivity contribution in [3.8, 4) is 0 Å². The highest BCUT2D eigenvalue weighted by molar-refractivity contribution is 5.14. The third-order valence-corrected chi connectivity index (χ3v) is 2.60. The van der Waals surface area contributed by atoms with Crippen LogP contribution in [0.25, 0.3) is 0 Å².